The van der Waals surface area contributed by atoms with Crippen molar-refractivity contribution in [3.8, 4) is 12.3 Å². The summed E-state index contributed by atoms with van der Waals surface area (Å²) in [6.07, 6.45) is 4.21. The van der Waals surface area contributed by atoms with Crippen LogP contribution in [0.2, 0.25) is 0 Å². The van der Waals surface area contributed by atoms with Crippen LogP contribution in [0, 0.1) is 12.3 Å². The maximum atomic E-state index is 12.6. The van der Waals surface area contributed by atoms with E-state index >= 15 is 0 Å². The predicted molar refractivity (Wildman–Crippen MR) is 54.5 cm³/mol. The first-order valence-corrected chi connectivity index (χ1v) is 4.61. The lowest BCUT2D eigenvalue weighted by Gasteiger charge is -2.09. The van der Waals surface area contributed by atoms with Gasteiger partial charge in [-0.1, -0.05) is 30.3 Å². The minimum atomic E-state index is -3.06. The van der Waals surface area contributed by atoms with Crippen molar-refractivity contribution in [1.82, 2.24) is 0 Å². The van der Waals surface area contributed by atoms with Gasteiger partial charge >= 0.3 is 5.92 Å². The maximum Gasteiger partial charge on any atom is 0.310 e. The summed E-state index contributed by atoms with van der Waals surface area (Å²) in [7, 11) is 0. The van der Waals surface area contributed by atoms with Crippen LogP contribution in [0.5, 0.6) is 0 Å². The molecule has 1 aromatic carbocycles. The van der Waals surface area contributed by atoms with E-state index in [0.29, 0.717) is 6.61 Å². The van der Waals surface area contributed by atoms with Gasteiger partial charge in [-0.05, 0) is 11.5 Å². The Morgan fingerprint density at radius 3 is 2.53 bits per heavy atom. The second-order valence-corrected chi connectivity index (χ2v) is 3.14. The number of alkyl halides is 2. The van der Waals surface area contributed by atoms with E-state index in [1.807, 2.05) is 30.3 Å². The Labute approximate surface area is 88.1 Å². The highest BCUT2D eigenvalue weighted by Crippen LogP contribution is 2.16. The number of halogens is 2. The molecule has 0 N–H and O–H groups in total. The molecule has 0 saturated heterocycles. The molecule has 0 bridgehead atoms. The van der Waals surface area contributed by atoms with Gasteiger partial charge in [0.2, 0.25) is 0 Å². The fourth-order valence-corrected chi connectivity index (χ4v) is 1.04. The smallest absolute Gasteiger partial charge is 0.310 e. The molecule has 0 heterocycles. The zero-order valence-electron chi connectivity index (χ0n) is 8.25. The Balaban J connectivity index is 2.21. The molecule has 0 saturated carbocycles. The fraction of sp³-hybridized carbons (Fsp3) is 0.333. The van der Waals surface area contributed by atoms with Gasteiger partial charge < -0.3 is 4.74 Å². The van der Waals surface area contributed by atoms with Gasteiger partial charge in [-0.25, -0.2) is 0 Å². The van der Waals surface area contributed by atoms with Crippen molar-refractivity contribution in [2.45, 2.75) is 19.0 Å². The van der Waals surface area contributed by atoms with Gasteiger partial charge in [0.25, 0.3) is 0 Å². The molecule has 1 rings (SSSR count). The Morgan fingerprint density at radius 1 is 1.27 bits per heavy atom. The Kier molecular flexibility index (Phi) is 4.26. The van der Waals surface area contributed by atoms with Crippen molar-refractivity contribution in [3.63, 3.8) is 0 Å². The highest BCUT2D eigenvalue weighted by Gasteiger charge is 2.24. The summed E-state index contributed by atoms with van der Waals surface area (Å²) in [4.78, 5) is 0. The summed E-state index contributed by atoms with van der Waals surface area (Å²) in [5.74, 6) is -1.63. The monoisotopic (exact) mass is 210 g/mol. The Bertz CT molecular complexity index is 327. The zero-order valence-corrected chi connectivity index (χ0v) is 8.25. The van der Waals surface area contributed by atoms with Crippen LogP contribution in [0.15, 0.2) is 30.3 Å². The normalized spacial score (nSPS) is 11.0. The van der Waals surface area contributed by atoms with Crippen LogP contribution in [0.3, 0.4) is 0 Å². The lowest BCUT2D eigenvalue weighted by molar-refractivity contribution is 0.0127. The highest BCUT2D eigenvalue weighted by molar-refractivity contribution is 5.13. The third-order valence-electron chi connectivity index (χ3n) is 1.88. The van der Waals surface area contributed by atoms with Gasteiger partial charge in [0, 0.05) is 6.42 Å². The molecule has 0 atom stereocenters. The third-order valence-corrected chi connectivity index (χ3v) is 1.88. The molecule has 0 aliphatic heterocycles. The lowest BCUT2D eigenvalue weighted by Crippen LogP contribution is -2.15. The van der Waals surface area contributed by atoms with Crippen molar-refractivity contribution >= 4 is 0 Å². The third kappa shape index (κ3) is 4.57. The average molecular weight is 210 g/mol. The average Bonchev–Trinajstić information content (AvgIpc) is 2.26. The second-order valence-electron chi connectivity index (χ2n) is 3.14. The van der Waals surface area contributed by atoms with Gasteiger partial charge in [-0.3, -0.25) is 0 Å². The topological polar surface area (TPSA) is 9.23 Å². The first-order chi connectivity index (χ1) is 7.14. The molecule has 0 unspecified atom stereocenters. The molecular weight excluding hydrogens is 198 g/mol. The van der Waals surface area contributed by atoms with Crippen molar-refractivity contribution in [1.29, 1.82) is 0 Å². The van der Waals surface area contributed by atoms with Crippen LogP contribution in [0.4, 0.5) is 8.78 Å². The van der Waals surface area contributed by atoms with Crippen molar-refractivity contribution in [2.75, 3.05) is 6.61 Å². The molecule has 1 nitrogen and oxygen atoms in total. The van der Waals surface area contributed by atoms with E-state index in [0.717, 1.165) is 5.56 Å². The van der Waals surface area contributed by atoms with Crippen LogP contribution in [-0.2, 0) is 11.3 Å². The van der Waals surface area contributed by atoms with Crippen LogP contribution < -0.4 is 0 Å². The molecule has 0 radical (unpaired) electrons. The summed E-state index contributed by atoms with van der Waals surface area (Å²) in [6, 6.07) is 9.37. The van der Waals surface area contributed by atoms with E-state index in [1.165, 1.54) is 5.92 Å². The lowest BCUT2D eigenvalue weighted by atomic mass is 10.2. The minimum absolute atomic E-state index is 0.0356. The number of rotatable bonds is 5. The summed E-state index contributed by atoms with van der Waals surface area (Å²) >= 11 is 0. The van der Waals surface area contributed by atoms with Gasteiger partial charge in [0.15, 0.2) is 0 Å². The number of hydrogen-bond donors (Lipinski definition) is 0. The molecule has 0 aliphatic rings. The van der Waals surface area contributed by atoms with E-state index in [1.54, 1.807) is 0 Å². The van der Waals surface area contributed by atoms with Crippen molar-refractivity contribution < 1.29 is 13.5 Å². The summed E-state index contributed by atoms with van der Waals surface area (Å²) in [5.41, 5.74) is 0.960. The zero-order chi connectivity index (χ0) is 11.1. The van der Waals surface area contributed by atoms with Crippen LogP contribution in [0.25, 0.3) is 0 Å². The number of benzene rings is 1. The molecule has 0 amide bonds. The quantitative estimate of drug-likeness (QED) is 0.536. The molecule has 0 fully saturated rings. The number of ether oxygens (including phenoxy) is 1. The minimum Gasteiger partial charge on any atom is -0.377 e. The SMILES string of the molecule is C#CC(F)(F)CCOCc1ccccc1. The Hall–Kier alpha value is -1.40. The molecular formula is C12H12F2O. The first kappa shape index (κ1) is 11.7. The van der Waals surface area contributed by atoms with Crippen molar-refractivity contribution in [2.24, 2.45) is 0 Å². The molecule has 0 aromatic heterocycles. The first-order valence-electron chi connectivity index (χ1n) is 4.61. The molecule has 1 aromatic rings. The standard InChI is InChI=1S/C12H12F2O/c1-2-12(13,14)8-9-15-10-11-6-4-3-5-7-11/h1,3-7H,8-10H2. The van der Waals surface area contributed by atoms with Crippen LogP contribution >= 0.6 is 0 Å². The molecule has 0 aliphatic carbocycles. The van der Waals surface area contributed by atoms with E-state index in [9.17, 15) is 8.78 Å². The predicted octanol–water partition coefficient (Wildman–Crippen LogP) is 2.86. The largest absolute Gasteiger partial charge is 0.377 e. The second kappa shape index (κ2) is 5.47. The van der Waals surface area contributed by atoms with Crippen LogP contribution in [0.1, 0.15) is 12.0 Å². The van der Waals surface area contributed by atoms with Gasteiger partial charge in [0.1, 0.15) is 0 Å². The summed E-state index contributed by atoms with van der Waals surface area (Å²) in [5, 5.41) is 0. The van der Waals surface area contributed by atoms with E-state index in [-0.39, 0.29) is 6.61 Å². The number of terminal acetylenes is 1. The summed E-state index contributed by atoms with van der Waals surface area (Å²) < 4.78 is 30.2. The summed E-state index contributed by atoms with van der Waals surface area (Å²) in [6.45, 7) is 0.299. The number of hydrogen-bond acceptors (Lipinski definition) is 1. The van der Waals surface area contributed by atoms with E-state index < -0.39 is 12.3 Å². The van der Waals surface area contributed by atoms with E-state index in [4.69, 9.17) is 4.74 Å². The molecule has 80 valence electrons. The Morgan fingerprint density at radius 2 is 1.93 bits per heavy atom. The maximum absolute atomic E-state index is 12.6. The fourth-order valence-electron chi connectivity index (χ4n) is 1.04. The molecule has 0 spiro atoms. The molecule has 15 heavy (non-hydrogen) atoms. The van der Waals surface area contributed by atoms with Crippen LogP contribution in [-0.4, -0.2) is 12.5 Å². The van der Waals surface area contributed by atoms with Gasteiger partial charge in [-0.15, -0.1) is 6.42 Å². The van der Waals surface area contributed by atoms with E-state index in [2.05, 4.69) is 6.42 Å². The highest BCUT2D eigenvalue weighted by atomic mass is 19.3. The molecule has 3 heteroatoms. The van der Waals surface area contributed by atoms with Gasteiger partial charge in [0.05, 0.1) is 13.2 Å². The van der Waals surface area contributed by atoms with Gasteiger partial charge in [-0.2, -0.15) is 8.78 Å². The van der Waals surface area contributed by atoms with Crippen molar-refractivity contribution in [3.05, 3.63) is 35.9 Å².